The zero-order valence-electron chi connectivity index (χ0n) is 13.0. The van der Waals surface area contributed by atoms with Gasteiger partial charge in [0.05, 0.1) is 13.2 Å². The Balaban J connectivity index is 2.17. The molecule has 0 radical (unpaired) electrons. The van der Waals surface area contributed by atoms with E-state index in [9.17, 15) is 4.57 Å². The van der Waals surface area contributed by atoms with Gasteiger partial charge in [-0.05, 0) is 51.6 Å². The lowest BCUT2D eigenvalue weighted by atomic mass is 10.0. The van der Waals surface area contributed by atoms with Crippen LogP contribution in [-0.4, -0.2) is 25.0 Å². The summed E-state index contributed by atoms with van der Waals surface area (Å²) >= 11 is 0. The van der Waals surface area contributed by atoms with Gasteiger partial charge in [-0.3, -0.25) is 4.57 Å². The molecule has 1 heterocycles. The lowest BCUT2D eigenvalue weighted by Gasteiger charge is -2.36. The monoisotopic (exact) mass is 311 g/mol. The second kappa shape index (κ2) is 7.55. The molecule has 1 aliphatic heterocycles. The molecule has 118 valence electrons. The average Bonchev–Trinajstić information content (AvgIpc) is 2.97. The standard InChI is InChI=1S/C16H26NO3P/c1-3-19-21(18,20-4-2)16(12-8-14-17-16)13-11-15-9-6-5-7-10-15/h5-7,9-10,17H,3-4,8,11-14H2,1-2H3/t16-/m1/s1. The smallest absolute Gasteiger partial charge is 0.308 e. The molecule has 1 N–H and O–H groups in total. The summed E-state index contributed by atoms with van der Waals surface area (Å²) in [6.07, 6.45) is 3.50. The first-order chi connectivity index (χ1) is 10.2. The summed E-state index contributed by atoms with van der Waals surface area (Å²) in [5, 5.41) is 2.90. The highest BCUT2D eigenvalue weighted by Gasteiger charge is 2.51. The quantitative estimate of drug-likeness (QED) is 0.738. The van der Waals surface area contributed by atoms with Crippen molar-refractivity contribution in [2.75, 3.05) is 19.8 Å². The van der Waals surface area contributed by atoms with E-state index in [2.05, 4.69) is 17.4 Å². The molecule has 0 aliphatic carbocycles. The number of rotatable bonds is 8. The Morgan fingerprint density at radius 1 is 1.19 bits per heavy atom. The van der Waals surface area contributed by atoms with Crippen molar-refractivity contribution in [3.63, 3.8) is 0 Å². The number of aryl methyl sites for hydroxylation is 1. The van der Waals surface area contributed by atoms with E-state index in [4.69, 9.17) is 9.05 Å². The average molecular weight is 311 g/mol. The van der Waals surface area contributed by atoms with Crippen molar-refractivity contribution >= 4 is 7.60 Å². The van der Waals surface area contributed by atoms with Crippen LogP contribution in [-0.2, 0) is 20.0 Å². The predicted octanol–water partition coefficient (Wildman–Crippen LogP) is 3.97. The molecule has 1 saturated heterocycles. The Bertz CT molecular complexity index is 462. The van der Waals surface area contributed by atoms with Gasteiger partial charge >= 0.3 is 7.60 Å². The molecule has 0 amide bonds. The van der Waals surface area contributed by atoms with Gasteiger partial charge in [-0.1, -0.05) is 30.3 Å². The Kier molecular flexibility index (Phi) is 6.00. The SMILES string of the molecule is CCOP(=O)(OCC)[C@@]1(CCc2ccccc2)CCCN1. The molecular weight excluding hydrogens is 285 g/mol. The fourth-order valence-electron chi connectivity index (χ4n) is 2.99. The fourth-order valence-corrected chi connectivity index (χ4v) is 5.37. The van der Waals surface area contributed by atoms with Crippen molar-refractivity contribution in [1.29, 1.82) is 0 Å². The van der Waals surface area contributed by atoms with Gasteiger partial charge in [0.15, 0.2) is 0 Å². The molecular formula is C16H26NO3P. The van der Waals surface area contributed by atoms with E-state index in [-0.39, 0.29) is 0 Å². The molecule has 0 unspecified atom stereocenters. The molecule has 0 bridgehead atoms. The fraction of sp³-hybridized carbons (Fsp3) is 0.625. The summed E-state index contributed by atoms with van der Waals surface area (Å²) < 4.78 is 24.5. The number of hydrogen-bond acceptors (Lipinski definition) is 4. The second-order valence-electron chi connectivity index (χ2n) is 5.38. The third-order valence-electron chi connectivity index (χ3n) is 4.01. The Morgan fingerprint density at radius 3 is 2.38 bits per heavy atom. The molecule has 1 fully saturated rings. The van der Waals surface area contributed by atoms with Gasteiger partial charge in [-0.2, -0.15) is 0 Å². The van der Waals surface area contributed by atoms with Crippen LogP contribution in [0.25, 0.3) is 0 Å². The first-order valence-electron chi connectivity index (χ1n) is 7.84. The summed E-state index contributed by atoms with van der Waals surface area (Å²) in [6.45, 7) is 5.42. The van der Waals surface area contributed by atoms with Gasteiger partial charge in [0.2, 0.25) is 0 Å². The van der Waals surface area contributed by atoms with Crippen LogP contribution in [0.5, 0.6) is 0 Å². The Morgan fingerprint density at radius 2 is 1.86 bits per heavy atom. The van der Waals surface area contributed by atoms with Crippen LogP contribution in [0, 0.1) is 0 Å². The maximum Gasteiger partial charge on any atom is 0.350 e. The lowest BCUT2D eigenvalue weighted by Crippen LogP contribution is -2.41. The van der Waals surface area contributed by atoms with E-state index in [0.717, 1.165) is 32.2 Å². The minimum Gasteiger partial charge on any atom is -0.308 e. The molecule has 0 spiro atoms. The van der Waals surface area contributed by atoms with Crippen molar-refractivity contribution in [2.24, 2.45) is 0 Å². The van der Waals surface area contributed by atoms with Crippen molar-refractivity contribution in [3.8, 4) is 0 Å². The van der Waals surface area contributed by atoms with E-state index >= 15 is 0 Å². The van der Waals surface area contributed by atoms with Gasteiger partial charge in [0.1, 0.15) is 5.28 Å². The summed E-state index contributed by atoms with van der Waals surface area (Å²) in [4.78, 5) is 0. The summed E-state index contributed by atoms with van der Waals surface area (Å²) in [5.41, 5.74) is 1.25. The normalized spacial score (nSPS) is 22.6. The number of nitrogens with one attached hydrogen (secondary N) is 1. The number of benzene rings is 1. The molecule has 0 aromatic heterocycles. The Labute approximate surface area is 127 Å². The second-order valence-corrected chi connectivity index (χ2v) is 7.75. The van der Waals surface area contributed by atoms with Crippen molar-refractivity contribution in [3.05, 3.63) is 35.9 Å². The van der Waals surface area contributed by atoms with Crippen molar-refractivity contribution in [1.82, 2.24) is 5.32 Å². The highest BCUT2D eigenvalue weighted by Crippen LogP contribution is 2.63. The van der Waals surface area contributed by atoms with Gasteiger partial charge in [-0.15, -0.1) is 0 Å². The van der Waals surface area contributed by atoms with Crippen LogP contribution in [0.2, 0.25) is 0 Å². The highest BCUT2D eigenvalue weighted by atomic mass is 31.2. The molecule has 2 rings (SSSR count). The molecule has 0 saturated carbocycles. The largest absolute Gasteiger partial charge is 0.350 e. The number of hydrogen-bond donors (Lipinski definition) is 1. The zero-order valence-corrected chi connectivity index (χ0v) is 13.9. The van der Waals surface area contributed by atoms with E-state index in [1.807, 2.05) is 32.0 Å². The van der Waals surface area contributed by atoms with Crippen LogP contribution in [0.3, 0.4) is 0 Å². The molecule has 1 aromatic carbocycles. The minimum atomic E-state index is -3.15. The topological polar surface area (TPSA) is 47.6 Å². The highest BCUT2D eigenvalue weighted by molar-refractivity contribution is 7.55. The maximum atomic E-state index is 13.3. The van der Waals surface area contributed by atoms with Crippen LogP contribution in [0.1, 0.15) is 38.7 Å². The van der Waals surface area contributed by atoms with E-state index in [0.29, 0.717) is 13.2 Å². The third kappa shape index (κ3) is 3.75. The summed E-state index contributed by atoms with van der Waals surface area (Å²) in [7, 11) is -3.15. The molecule has 1 aliphatic rings. The van der Waals surface area contributed by atoms with Gasteiger partial charge in [-0.25, -0.2) is 0 Å². The summed E-state index contributed by atoms with van der Waals surface area (Å²) in [6, 6.07) is 10.3. The molecule has 4 nitrogen and oxygen atoms in total. The van der Waals surface area contributed by atoms with Crippen LogP contribution < -0.4 is 5.32 Å². The minimum absolute atomic E-state index is 0.409. The van der Waals surface area contributed by atoms with Crippen LogP contribution in [0.15, 0.2) is 30.3 Å². The summed E-state index contributed by atoms with van der Waals surface area (Å²) in [5.74, 6) is 0. The molecule has 5 heteroatoms. The van der Waals surface area contributed by atoms with E-state index < -0.39 is 12.9 Å². The first kappa shape index (κ1) is 16.7. The molecule has 21 heavy (non-hydrogen) atoms. The van der Waals surface area contributed by atoms with E-state index in [1.165, 1.54) is 5.56 Å². The van der Waals surface area contributed by atoms with Crippen LogP contribution >= 0.6 is 7.60 Å². The third-order valence-corrected chi connectivity index (χ3v) is 6.86. The van der Waals surface area contributed by atoms with Gasteiger partial charge < -0.3 is 14.4 Å². The lowest BCUT2D eigenvalue weighted by molar-refractivity contribution is 0.187. The van der Waals surface area contributed by atoms with Crippen LogP contribution in [0.4, 0.5) is 0 Å². The molecule has 1 atom stereocenters. The van der Waals surface area contributed by atoms with Gasteiger partial charge in [0.25, 0.3) is 0 Å². The Hall–Kier alpha value is -0.670. The van der Waals surface area contributed by atoms with Gasteiger partial charge in [0, 0.05) is 0 Å². The maximum absolute atomic E-state index is 13.3. The first-order valence-corrected chi connectivity index (χ1v) is 9.38. The predicted molar refractivity (Wildman–Crippen MR) is 85.6 cm³/mol. The van der Waals surface area contributed by atoms with E-state index in [1.54, 1.807) is 0 Å². The zero-order chi connectivity index (χ0) is 15.2. The van der Waals surface area contributed by atoms with Crippen molar-refractivity contribution in [2.45, 2.75) is 44.8 Å². The van der Waals surface area contributed by atoms with Crippen molar-refractivity contribution < 1.29 is 13.6 Å². The molecule has 1 aromatic rings.